The lowest BCUT2D eigenvalue weighted by atomic mass is 9.83. The van der Waals surface area contributed by atoms with Gasteiger partial charge >= 0.3 is 6.09 Å². The number of hydrogen-bond acceptors (Lipinski definition) is 3. The van der Waals surface area contributed by atoms with E-state index in [1.165, 1.54) is 4.90 Å². The fourth-order valence-corrected chi connectivity index (χ4v) is 1.89. The van der Waals surface area contributed by atoms with Gasteiger partial charge in [-0.1, -0.05) is 30.3 Å². The maximum atomic E-state index is 12.3. The lowest BCUT2D eigenvalue weighted by Crippen LogP contribution is -2.43. The molecule has 1 aromatic rings. The van der Waals surface area contributed by atoms with E-state index in [1.54, 1.807) is 0 Å². The first-order valence-corrected chi connectivity index (χ1v) is 5.58. The zero-order valence-corrected chi connectivity index (χ0v) is 9.97. The van der Waals surface area contributed by atoms with E-state index < -0.39 is 11.5 Å². The Morgan fingerprint density at radius 2 is 1.94 bits per heavy atom. The molecule has 1 aliphatic heterocycles. The number of cyclic esters (lactones) is 1. The Morgan fingerprint density at radius 3 is 2.47 bits per heavy atom. The minimum atomic E-state index is -0.718. The van der Waals surface area contributed by atoms with Crippen molar-refractivity contribution in [3.63, 3.8) is 0 Å². The summed E-state index contributed by atoms with van der Waals surface area (Å²) in [7, 11) is 0. The molecule has 1 heterocycles. The lowest BCUT2D eigenvalue weighted by molar-refractivity contribution is -0.132. The molecule has 1 aliphatic rings. The molecule has 0 unspecified atom stereocenters. The van der Waals surface area contributed by atoms with Crippen molar-refractivity contribution in [1.29, 1.82) is 0 Å². The van der Waals surface area contributed by atoms with Crippen LogP contribution >= 0.6 is 0 Å². The minimum absolute atomic E-state index is 0.216. The van der Waals surface area contributed by atoms with Crippen molar-refractivity contribution >= 4 is 12.0 Å². The average molecular weight is 233 g/mol. The molecule has 0 aromatic heterocycles. The van der Waals surface area contributed by atoms with E-state index in [9.17, 15) is 9.59 Å². The quantitative estimate of drug-likeness (QED) is 0.784. The number of carbonyl (C=O) groups excluding carboxylic acids is 2. The Labute approximate surface area is 100 Å². The van der Waals surface area contributed by atoms with E-state index >= 15 is 0 Å². The van der Waals surface area contributed by atoms with Crippen molar-refractivity contribution in [2.24, 2.45) is 0 Å². The second kappa shape index (κ2) is 4.20. The second-order valence-electron chi connectivity index (χ2n) is 4.56. The summed E-state index contributed by atoms with van der Waals surface area (Å²) in [6, 6.07) is 9.44. The van der Waals surface area contributed by atoms with Gasteiger partial charge in [0.25, 0.3) is 0 Å². The number of ether oxygens (including phenoxy) is 1. The molecule has 0 radical (unpaired) electrons. The van der Waals surface area contributed by atoms with Gasteiger partial charge in [0.05, 0.1) is 12.0 Å². The van der Waals surface area contributed by atoms with Crippen LogP contribution in [0.4, 0.5) is 4.79 Å². The van der Waals surface area contributed by atoms with Crippen LogP contribution in [0.25, 0.3) is 0 Å². The maximum Gasteiger partial charge on any atom is 0.416 e. The Hall–Kier alpha value is -1.84. The van der Waals surface area contributed by atoms with Gasteiger partial charge in [-0.25, -0.2) is 9.69 Å². The summed E-state index contributed by atoms with van der Waals surface area (Å²) in [5.41, 5.74) is 0.176. The first kappa shape index (κ1) is 11.6. The van der Waals surface area contributed by atoms with E-state index in [0.29, 0.717) is 6.54 Å². The first-order valence-electron chi connectivity index (χ1n) is 5.58. The van der Waals surface area contributed by atoms with E-state index in [-0.39, 0.29) is 12.5 Å². The van der Waals surface area contributed by atoms with Crippen LogP contribution in [0.5, 0.6) is 0 Å². The van der Waals surface area contributed by atoms with Crippen LogP contribution < -0.4 is 0 Å². The molecule has 2 amide bonds. The molecule has 2 rings (SSSR count). The molecule has 4 heteroatoms. The molecule has 17 heavy (non-hydrogen) atoms. The molecular weight excluding hydrogens is 218 g/mol. The molecule has 90 valence electrons. The van der Waals surface area contributed by atoms with E-state index in [2.05, 4.69) is 0 Å². The summed E-state index contributed by atoms with van der Waals surface area (Å²) in [4.78, 5) is 24.9. The summed E-state index contributed by atoms with van der Waals surface area (Å²) in [5, 5.41) is 0. The largest absolute Gasteiger partial charge is 0.447 e. The SMILES string of the molecule is CC(C)(C(=O)N1CCOC1=O)c1ccccc1. The molecule has 0 saturated carbocycles. The zero-order chi connectivity index (χ0) is 12.5. The molecular formula is C13H15NO3. The Morgan fingerprint density at radius 1 is 1.29 bits per heavy atom. The molecule has 0 spiro atoms. The number of hydrogen-bond donors (Lipinski definition) is 0. The molecule has 0 atom stereocenters. The van der Waals surface area contributed by atoms with E-state index in [4.69, 9.17) is 4.74 Å². The van der Waals surface area contributed by atoms with Crippen LogP contribution in [0.3, 0.4) is 0 Å². The fraction of sp³-hybridized carbons (Fsp3) is 0.385. The predicted molar refractivity (Wildman–Crippen MR) is 62.5 cm³/mol. The summed E-state index contributed by atoms with van der Waals surface area (Å²) in [6.45, 7) is 4.26. The van der Waals surface area contributed by atoms with Gasteiger partial charge in [-0.05, 0) is 19.4 Å². The molecule has 1 aromatic carbocycles. The lowest BCUT2D eigenvalue weighted by Gasteiger charge is -2.27. The van der Waals surface area contributed by atoms with Gasteiger partial charge < -0.3 is 4.74 Å². The second-order valence-corrected chi connectivity index (χ2v) is 4.56. The Kier molecular flexibility index (Phi) is 2.88. The van der Waals surface area contributed by atoms with Gasteiger partial charge in [0.2, 0.25) is 5.91 Å². The van der Waals surface area contributed by atoms with Crippen LogP contribution in [-0.2, 0) is 14.9 Å². The van der Waals surface area contributed by atoms with Crippen LogP contribution in [-0.4, -0.2) is 30.1 Å². The minimum Gasteiger partial charge on any atom is -0.447 e. The molecule has 1 fully saturated rings. The zero-order valence-electron chi connectivity index (χ0n) is 9.97. The highest BCUT2D eigenvalue weighted by atomic mass is 16.6. The van der Waals surface area contributed by atoms with Crippen molar-refractivity contribution in [2.45, 2.75) is 19.3 Å². The van der Waals surface area contributed by atoms with Crippen LogP contribution in [0.1, 0.15) is 19.4 Å². The molecule has 1 saturated heterocycles. The van der Waals surface area contributed by atoms with Gasteiger partial charge in [-0.2, -0.15) is 0 Å². The van der Waals surface area contributed by atoms with Crippen LogP contribution in [0.15, 0.2) is 30.3 Å². The van der Waals surface area contributed by atoms with Gasteiger partial charge in [-0.15, -0.1) is 0 Å². The summed E-state index contributed by atoms with van der Waals surface area (Å²) in [6.07, 6.45) is -0.543. The van der Waals surface area contributed by atoms with Crippen molar-refractivity contribution in [2.75, 3.05) is 13.2 Å². The van der Waals surface area contributed by atoms with Gasteiger partial charge in [0.15, 0.2) is 0 Å². The average Bonchev–Trinajstić information content (AvgIpc) is 2.75. The highest BCUT2D eigenvalue weighted by molar-refractivity contribution is 5.98. The number of amides is 2. The normalized spacial score (nSPS) is 15.9. The molecule has 0 bridgehead atoms. The standard InChI is InChI=1S/C13H15NO3/c1-13(2,10-6-4-3-5-7-10)11(15)14-8-9-17-12(14)16/h3-7H,8-9H2,1-2H3. The third-order valence-corrected chi connectivity index (χ3v) is 3.04. The first-order chi connectivity index (χ1) is 8.03. The topological polar surface area (TPSA) is 46.6 Å². The smallest absolute Gasteiger partial charge is 0.416 e. The number of carbonyl (C=O) groups is 2. The molecule has 0 N–H and O–H groups in total. The number of rotatable bonds is 2. The van der Waals surface area contributed by atoms with Crippen LogP contribution in [0.2, 0.25) is 0 Å². The van der Waals surface area contributed by atoms with Crippen molar-refractivity contribution in [1.82, 2.24) is 4.90 Å². The maximum absolute atomic E-state index is 12.3. The van der Waals surface area contributed by atoms with Gasteiger partial charge in [-0.3, -0.25) is 4.79 Å². The Balaban J connectivity index is 2.26. The number of imide groups is 1. The number of nitrogens with zero attached hydrogens (tertiary/aromatic N) is 1. The van der Waals surface area contributed by atoms with E-state index in [1.807, 2.05) is 44.2 Å². The highest BCUT2D eigenvalue weighted by Crippen LogP contribution is 2.26. The number of benzene rings is 1. The summed E-state index contributed by atoms with van der Waals surface area (Å²) >= 11 is 0. The van der Waals surface area contributed by atoms with Gasteiger partial charge in [0.1, 0.15) is 6.61 Å². The Bertz CT molecular complexity index is 439. The van der Waals surface area contributed by atoms with Crippen molar-refractivity contribution < 1.29 is 14.3 Å². The fourth-order valence-electron chi connectivity index (χ4n) is 1.89. The summed E-state index contributed by atoms with van der Waals surface area (Å²) in [5.74, 6) is -0.216. The summed E-state index contributed by atoms with van der Waals surface area (Å²) < 4.78 is 4.78. The van der Waals surface area contributed by atoms with E-state index in [0.717, 1.165) is 5.56 Å². The third kappa shape index (κ3) is 2.02. The highest BCUT2D eigenvalue weighted by Gasteiger charge is 2.39. The van der Waals surface area contributed by atoms with Crippen molar-refractivity contribution in [3.8, 4) is 0 Å². The molecule has 4 nitrogen and oxygen atoms in total. The predicted octanol–water partition coefficient (Wildman–Crippen LogP) is 1.94. The van der Waals surface area contributed by atoms with Gasteiger partial charge in [0, 0.05) is 0 Å². The van der Waals surface area contributed by atoms with Crippen molar-refractivity contribution in [3.05, 3.63) is 35.9 Å². The third-order valence-electron chi connectivity index (χ3n) is 3.04. The molecule has 0 aliphatic carbocycles. The van der Waals surface area contributed by atoms with Crippen LogP contribution in [0, 0.1) is 0 Å². The monoisotopic (exact) mass is 233 g/mol.